The lowest BCUT2D eigenvalue weighted by Crippen LogP contribution is -2.27. The second kappa shape index (κ2) is 2.71. The zero-order valence-corrected chi connectivity index (χ0v) is 7.03. The standard InChI is InChI=1S/C6H12FNO2S/c7-6(1-3-8)2-4-11(9,10)5-6/h1-5,8H2. The maximum absolute atomic E-state index is 13.3. The lowest BCUT2D eigenvalue weighted by molar-refractivity contribution is 0.187. The maximum Gasteiger partial charge on any atom is 0.153 e. The summed E-state index contributed by atoms with van der Waals surface area (Å²) in [5.74, 6) is -0.360. The third-order valence-corrected chi connectivity index (χ3v) is 3.72. The van der Waals surface area contributed by atoms with E-state index in [1.54, 1.807) is 0 Å². The second-order valence-corrected chi connectivity index (χ2v) is 5.22. The molecule has 0 saturated carbocycles. The molecule has 0 aromatic heterocycles. The summed E-state index contributed by atoms with van der Waals surface area (Å²) >= 11 is 0. The predicted octanol–water partition coefficient (Wildman–Crippen LogP) is -0.138. The van der Waals surface area contributed by atoms with Crippen LogP contribution in [-0.2, 0) is 9.84 Å². The van der Waals surface area contributed by atoms with E-state index in [0.29, 0.717) is 0 Å². The number of hydrogen-bond donors (Lipinski definition) is 1. The molecule has 1 rings (SSSR count). The van der Waals surface area contributed by atoms with Crippen molar-refractivity contribution in [3.05, 3.63) is 0 Å². The molecule has 0 radical (unpaired) electrons. The predicted molar refractivity (Wildman–Crippen MR) is 40.8 cm³/mol. The number of nitrogens with two attached hydrogens (primary N) is 1. The quantitative estimate of drug-likeness (QED) is 0.645. The van der Waals surface area contributed by atoms with E-state index >= 15 is 0 Å². The maximum atomic E-state index is 13.3. The van der Waals surface area contributed by atoms with E-state index in [2.05, 4.69) is 0 Å². The van der Waals surface area contributed by atoms with E-state index in [4.69, 9.17) is 5.73 Å². The van der Waals surface area contributed by atoms with Crippen LogP contribution in [0.3, 0.4) is 0 Å². The molecule has 2 N–H and O–H groups in total. The van der Waals surface area contributed by atoms with Gasteiger partial charge in [0.25, 0.3) is 0 Å². The van der Waals surface area contributed by atoms with Crippen molar-refractivity contribution in [2.24, 2.45) is 5.73 Å². The summed E-state index contributed by atoms with van der Waals surface area (Å²) in [6.45, 7) is 0.214. The van der Waals surface area contributed by atoms with Gasteiger partial charge in [-0.1, -0.05) is 0 Å². The topological polar surface area (TPSA) is 60.2 Å². The molecule has 66 valence electrons. The molecule has 0 aromatic rings. The summed E-state index contributed by atoms with van der Waals surface area (Å²) in [6.07, 6.45) is 0.277. The highest BCUT2D eigenvalue weighted by Crippen LogP contribution is 2.29. The molecule has 11 heavy (non-hydrogen) atoms. The molecule has 1 fully saturated rings. The molecule has 1 saturated heterocycles. The van der Waals surface area contributed by atoms with E-state index in [-0.39, 0.29) is 30.9 Å². The molecule has 3 nitrogen and oxygen atoms in total. The first-order chi connectivity index (χ1) is 4.97. The number of sulfone groups is 1. The minimum Gasteiger partial charge on any atom is -0.330 e. The zero-order chi connectivity index (χ0) is 8.54. The highest BCUT2D eigenvalue weighted by Gasteiger charge is 2.41. The molecular formula is C6H12FNO2S. The zero-order valence-electron chi connectivity index (χ0n) is 6.22. The molecule has 1 aliphatic rings. The van der Waals surface area contributed by atoms with Crippen LogP contribution in [0, 0.1) is 0 Å². The van der Waals surface area contributed by atoms with Crippen molar-refractivity contribution >= 4 is 9.84 Å². The SMILES string of the molecule is NCCC1(F)CCS(=O)(=O)C1. The van der Waals surface area contributed by atoms with Crippen molar-refractivity contribution in [3.8, 4) is 0 Å². The minimum atomic E-state index is -3.11. The van der Waals surface area contributed by atoms with E-state index in [0.717, 1.165) is 0 Å². The van der Waals surface area contributed by atoms with Gasteiger partial charge >= 0.3 is 0 Å². The van der Waals surface area contributed by atoms with Gasteiger partial charge in [-0.3, -0.25) is 0 Å². The van der Waals surface area contributed by atoms with Gasteiger partial charge < -0.3 is 5.73 Å². The van der Waals surface area contributed by atoms with Crippen LogP contribution in [0.5, 0.6) is 0 Å². The monoisotopic (exact) mass is 181 g/mol. The molecule has 1 atom stereocenters. The smallest absolute Gasteiger partial charge is 0.153 e. The molecule has 0 aliphatic carbocycles. The fraction of sp³-hybridized carbons (Fsp3) is 1.00. The highest BCUT2D eigenvalue weighted by molar-refractivity contribution is 7.91. The molecule has 0 spiro atoms. The first-order valence-corrected chi connectivity index (χ1v) is 5.39. The Morgan fingerprint density at radius 1 is 1.55 bits per heavy atom. The van der Waals surface area contributed by atoms with Gasteiger partial charge in [-0.25, -0.2) is 12.8 Å². The van der Waals surface area contributed by atoms with Crippen LogP contribution < -0.4 is 5.73 Å². The Bertz CT molecular complexity index is 239. The summed E-state index contributed by atoms with van der Waals surface area (Å²) < 4.78 is 35.0. The molecule has 0 bridgehead atoms. The normalized spacial score (nSPS) is 35.8. The first kappa shape index (κ1) is 8.93. The van der Waals surface area contributed by atoms with Crippen LogP contribution >= 0.6 is 0 Å². The lowest BCUT2D eigenvalue weighted by atomic mass is 10.0. The van der Waals surface area contributed by atoms with E-state index in [9.17, 15) is 12.8 Å². The van der Waals surface area contributed by atoms with Gasteiger partial charge in [-0.05, 0) is 19.4 Å². The van der Waals surface area contributed by atoms with Crippen molar-refractivity contribution in [1.82, 2.24) is 0 Å². The van der Waals surface area contributed by atoms with Gasteiger partial charge in [0.05, 0.1) is 11.5 Å². The van der Waals surface area contributed by atoms with Gasteiger partial charge in [0, 0.05) is 0 Å². The van der Waals surface area contributed by atoms with Gasteiger partial charge in [0.1, 0.15) is 5.67 Å². The largest absolute Gasteiger partial charge is 0.330 e. The Hall–Kier alpha value is -0.160. The van der Waals surface area contributed by atoms with E-state index in [1.165, 1.54) is 0 Å². The third kappa shape index (κ3) is 2.13. The van der Waals surface area contributed by atoms with Crippen molar-refractivity contribution < 1.29 is 12.8 Å². The molecular weight excluding hydrogens is 169 g/mol. The number of hydrogen-bond acceptors (Lipinski definition) is 3. The van der Waals surface area contributed by atoms with Crippen molar-refractivity contribution in [1.29, 1.82) is 0 Å². The Kier molecular flexibility index (Phi) is 2.20. The molecule has 1 aliphatic heterocycles. The lowest BCUT2D eigenvalue weighted by Gasteiger charge is -2.14. The van der Waals surface area contributed by atoms with E-state index < -0.39 is 15.5 Å². The van der Waals surface area contributed by atoms with Gasteiger partial charge in [0.15, 0.2) is 9.84 Å². The van der Waals surface area contributed by atoms with Crippen LogP contribution in [0.4, 0.5) is 4.39 Å². The number of halogens is 1. The molecule has 0 amide bonds. The molecule has 5 heteroatoms. The third-order valence-electron chi connectivity index (χ3n) is 1.93. The Labute approximate surface area is 65.7 Å². The number of rotatable bonds is 2. The first-order valence-electron chi connectivity index (χ1n) is 3.57. The van der Waals surface area contributed by atoms with Crippen LogP contribution in [0.25, 0.3) is 0 Å². The Morgan fingerprint density at radius 3 is 2.55 bits per heavy atom. The second-order valence-electron chi connectivity index (χ2n) is 3.03. The van der Waals surface area contributed by atoms with Crippen molar-refractivity contribution in [3.63, 3.8) is 0 Å². The average molecular weight is 181 g/mol. The summed E-state index contributed by atoms with van der Waals surface area (Å²) in [5.41, 5.74) is 3.61. The van der Waals surface area contributed by atoms with Gasteiger partial charge in [0.2, 0.25) is 0 Å². The van der Waals surface area contributed by atoms with Crippen LogP contribution in [0.1, 0.15) is 12.8 Å². The fourth-order valence-electron chi connectivity index (χ4n) is 1.33. The minimum absolute atomic E-state index is 0.0243. The Morgan fingerprint density at radius 2 is 2.18 bits per heavy atom. The van der Waals surface area contributed by atoms with Gasteiger partial charge in [-0.2, -0.15) is 0 Å². The molecule has 0 aromatic carbocycles. The summed E-state index contributed by atoms with van der Waals surface area (Å²) in [5, 5.41) is 0. The Balaban J connectivity index is 2.65. The van der Waals surface area contributed by atoms with Crippen molar-refractivity contribution in [2.75, 3.05) is 18.1 Å². The number of alkyl halides is 1. The van der Waals surface area contributed by atoms with Gasteiger partial charge in [-0.15, -0.1) is 0 Å². The molecule has 1 heterocycles. The fourth-order valence-corrected chi connectivity index (χ4v) is 3.23. The van der Waals surface area contributed by atoms with Crippen LogP contribution in [-0.4, -0.2) is 32.1 Å². The highest BCUT2D eigenvalue weighted by atomic mass is 32.2. The summed E-state index contributed by atoms with van der Waals surface area (Å²) in [7, 11) is -3.11. The van der Waals surface area contributed by atoms with Crippen LogP contribution in [0.2, 0.25) is 0 Å². The van der Waals surface area contributed by atoms with Crippen molar-refractivity contribution in [2.45, 2.75) is 18.5 Å². The average Bonchev–Trinajstić information content (AvgIpc) is 2.07. The summed E-state index contributed by atoms with van der Waals surface area (Å²) in [4.78, 5) is 0. The molecule has 1 unspecified atom stereocenters. The van der Waals surface area contributed by atoms with E-state index in [1.807, 2.05) is 0 Å². The summed E-state index contributed by atoms with van der Waals surface area (Å²) in [6, 6.07) is 0. The van der Waals surface area contributed by atoms with Crippen LogP contribution in [0.15, 0.2) is 0 Å².